The van der Waals surface area contributed by atoms with Crippen molar-refractivity contribution in [2.24, 2.45) is 0 Å². The molecule has 4 nitrogen and oxygen atoms in total. The number of rotatable bonds is 2. The molecule has 0 saturated heterocycles. The molecule has 0 aromatic carbocycles. The van der Waals surface area contributed by atoms with E-state index in [1.54, 1.807) is 0 Å². The van der Waals surface area contributed by atoms with E-state index in [0.717, 1.165) is 0 Å². The predicted molar refractivity (Wildman–Crippen MR) is 42.2 cm³/mol. The molecule has 0 amide bonds. The molecule has 0 aliphatic heterocycles. The molecule has 0 bridgehead atoms. The average molecular weight is 170 g/mol. The molecule has 0 aliphatic rings. The van der Waals surface area contributed by atoms with Crippen LogP contribution in [-0.2, 0) is 0 Å². The van der Waals surface area contributed by atoms with Gasteiger partial charge in [-0.15, -0.1) is 0 Å². The van der Waals surface area contributed by atoms with Gasteiger partial charge in [0.25, 0.3) is 0 Å². The van der Waals surface area contributed by atoms with E-state index in [1.165, 1.54) is 26.2 Å². The van der Waals surface area contributed by atoms with Crippen molar-refractivity contribution < 1.29 is 14.3 Å². The van der Waals surface area contributed by atoms with E-state index in [9.17, 15) is 4.79 Å². The molecular formula is C8H10O4. The molecule has 0 spiro atoms. The molecule has 12 heavy (non-hydrogen) atoms. The summed E-state index contributed by atoms with van der Waals surface area (Å²) in [6.45, 7) is 1.51. The molecule has 1 N–H and O–H groups in total. The number of aliphatic hydroxyl groups is 1. The first-order chi connectivity index (χ1) is 5.63. The Kier molecular flexibility index (Phi) is 2.50. The van der Waals surface area contributed by atoms with Crippen LogP contribution in [0.5, 0.6) is 5.75 Å². The van der Waals surface area contributed by atoms with Crippen LogP contribution in [0.25, 0.3) is 0 Å². The third kappa shape index (κ3) is 1.85. The minimum atomic E-state index is -0.798. The zero-order chi connectivity index (χ0) is 9.14. The van der Waals surface area contributed by atoms with Crippen LogP contribution in [0, 0.1) is 0 Å². The lowest BCUT2D eigenvalue weighted by molar-refractivity contribution is 0.163. The van der Waals surface area contributed by atoms with Gasteiger partial charge >= 0.3 is 5.63 Å². The molecule has 1 atom stereocenters. The molecular weight excluding hydrogens is 160 g/mol. The SMILES string of the molecule is COc1cc([C@H](C)O)oc(=O)c1. The van der Waals surface area contributed by atoms with E-state index in [1.807, 2.05) is 0 Å². The van der Waals surface area contributed by atoms with Gasteiger partial charge in [-0.1, -0.05) is 0 Å². The van der Waals surface area contributed by atoms with E-state index in [2.05, 4.69) is 0 Å². The normalized spacial score (nSPS) is 12.6. The summed E-state index contributed by atoms with van der Waals surface area (Å²) >= 11 is 0. The minimum Gasteiger partial charge on any atom is -0.496 e. The van der Waals surface area contributed by atoms with Crippen molar-refractivity contribution in [2.45, 2.75) is 13.0 Å². The number of hydrogen-bond acceptors (Lipinski definition) is 4. The van der Waals surface area contributed by atoms with Gasteiger partial charge in [0.1, 0.15) is 17.6 Å². The van der Waals surface area contributed by atoms with Crippen molar-refractivity contribution in [2.75, 3.05) is 7.11 Å². The minimum absolute atomic E-state index is 0.208. The smallest absolute Gasteiger partial charge is 0.339 e. The maximum atomic E-state index is 10.8. The van der Waals surface area contributed by atoms with Crippen LogP contribution in [0.2, 0.25) is 0 Å². The summed E-state index contributed by atoms with van der Waals surface area (Å²) in [5, 5.41) is 9.08. The predicted octanol–water partition coefficient (Wildman–Crippen LogP) is 0.702. The van der Waals surface area contributed by atoms with Crippen LogP contribution in [0.1, 0.15) is 18.8 Å². The Morgan fingerprint density at radius 2 is 2.25 bits per heavy atom. The highest BCUT2D eigenvalue weighted by atomic mass is 16.5. The molecule has 1 rings (SSSR count). The van der Waals surface area contributed by atoms with Crippen LogP contribution in [0.4, 0.5) is 0 Å². The fourth-order valence-electron chi connectivity index (χ4n) is 0.797. The summed E-state index contributed by atoms with van der Waals surface area (Å²) in [6.07, 6.45) is -0.798. The van der Waals surface area contributed by atoms with Gasteiger partial charge in [-0.3, -0.25) is 0 Å². The Balaban J connectivity index is 3.15. The van der Waals surface area contributed by atoms with E-state index >= 15 is 0 Å². The molecule has 4 heteroatoms. The molecule has 1 aromatic rings. The van der Waals surface area contributed by atoms with E-state index < -0.39 is 11.7 Å². The monoisotopic (exact) mass is 170 g/mol. The van der Waals surface area contributed by atoms with Crippen molar-refractivity contribution >= 4 is 0 Å². The number of hydrogen-bond donors (Lipinski definition) is 1. The van der Waals surface area contributed by atoms with E-state index in [0.29, 0.717) is 5.75 Å². The van der Waals surface area contributed by atoms with E-state index in [4.69, 9.17) is 14.3 Å². The van der Waals surface area contributed by atoms with Crippen LogP contribution in [0.15, 0.2) is 21.3 Å². The maximum Gasteiger partial charge on any atom is 0.339 e. The van der Waals surface area contributed by atoms with Gasteiger partial charge in [-0.25, -0.2) is 4.79 Å². The van der Waals surface area contributed by atoms with Gasteiger partial charge in [0.2, 0.25) is 0 Å². The van der Waals surface area contributed by atoms with Gasteiger partial charge in [0.15, 0.2) is 0 Å². The van der Waals surface area contributed by atoms with Crippen LogP contribution in [-0.4, -0.2) is 12.2 Å². The second-order valence-corrected chi connectivity index (χ2v) is 2.39. The third-order valence-electron chi connectivity index (χ3n) is 1.41. The highest BCUT2D eigenvalue weighted by Gasteiger charge is 2.06. The maximum absolute atomic E-state index is 10.8. The lowest BCUT2D eigenvalue weighted by Crippen LogP contribution is -2.03. The van der Waals surface area contributed by atoms with Gasteiger partial charge < -0.3 is 14.3 Å². The summed E-state index contributed by atoms with van der Waals surface area (Å²) in [6, 6.07) is 2.69. The highest BCUT2D eigenvalue weighted by molar-refractivity contribution is 5.21. The summed E-state index contributed by atoms with van der Waals surface area (Å²) < 4.78 is 9.51. The van der Waals surface area contributed by atoms with Gasteiger partial charge in [-0.05, 0) is 6.92 Å². The first-order valence-electron chi connectivity index (χ1n) is 3.50. The quantitative estimate of drug-likeness (QED) is 0.709. The van der Waals surface area contributed by atoms with Crippen molar-refractivity contribution in [3.05, 3.63) is 28.3 Å². The highest BCUT2D eigenvalue weighted by Crippen LogP contribution is 2.15. The molecule has 1 heterocycles. The first kappa shape index (κ1) is 8.80. The Morgan fingerprint density at radius 1 is 1.58 bits per heavy atom. The van der Waals surface area contributed by atoms with Crippen molar-refractivity contribution in [3.8, 4) is 5.75 Å². The molecule has 0 radical (unpaired) electrons. The molecule has 0 saturated carbocycles. The fourth-order valence-corrected chi connectivity index (χ4v) is 0.797. The number of aliphatic hydroxyl groups excluding tert-OH is 1. The van der Waals surface area contributed by atoms with Crippen LogP contribution < -0.4 is 10.4 Å². The summed E-state index contributed by atoms with van der Waals surface area (Å²) in [4.78, 5) is 10.8. The van der Waals surface area contributed by atoms with E-state index in [-0.39, 0.29) is 5.76 Å². The van der Waals surface area contributed by atoms with Crippen molar-refractivity contribution in [3.63, 3.8) is 0 Å². The van der Waals surface area contributed by atoms with Gasteiger partial charge in [-0.2, -0.15) is 0 Å². The standard InChI is InChI=1S/C8H10O4/c1-5(9)7-3-6(11-2)4-8(10)12-7/h3-5,9H,1-2H3/t5-/m0/s1. The third-order valence-corrected chi connectivity index (χ3v) is 1.41. The Hall–Kier alpha value is -1.29. The Labute approximate surface area is 69.4 Å². The largest absolute Gasteiger partial charge is 0.496 e. The Morgan fingerprint density at radius 3 is 2.75 bits per heavy atom. The fraction of sp³-hybridized carbons (Fsp3) is 0.375. The molecule has 0 unspecified atom stereocenters. The van der Waals surface area contributed by atoms with Gasteiger partial charge in [0.05, 0.1) is 13.2 Å². The second-order valence-electron chi connectivity index (χ2n) is 2.39. The summed E-state index contributed by atoms with van der Waals surface area (Å²) in [7, 11) is 1.45. The second kappa shape index (κ2) is 3.40. The van der Waals surface area contributed by atoms with Crippen molar-refractivity contribution in [1.82, 2.24) is 0 Å². The number of methoxy groups -OCH3 is 1. The average Bonchev–Trinajstić information content (AvgIpc) is 2.03. The van der Waals surface area contributed by atoms with Gasteiger partial charge in [0, 0.05) is 6.07 Å². The lowest BCUT2D eigenvalue weighted by atomic mass is 10.3. The molecule has 1 aromatic heterocycles. The van der Waals surface area contributed by atoms with Crippen LogP contribution in [0.3, 0.4) is 0 Å². The lowest BCUT2D eigenvalue weighted by Gasteiger charge is -2.03. The topological polar surface area (TPSA) is 59.7 Å². The molecule has 0 fully saturated rings. The number of ether oxygens (including phenoxy) is 1. The Bertz CT molecular complexity index is 313. The zero-order valence-corrected chi connectivity index (χ0v) is 6.90. The zero-order valence-electron chi connectivity index (χ0n) is 6.90. The summed E-state index contributed by atoms with van der Waals surface area (Å²) in [5.74, 6) is 0.599. The first-order valence-corrected chi connectivity index (χ1v) is 3.50. The van der Waals surface area contributed by atoms with Crippen molar-refractivity contribution in [1.29, 1.82) is 0 Å². The molecule has 0 aliphatic carbocycles. The molecule has 66 valence electrons. The summed E-state index contributed by atoms with van der Waals surface area (Å²) in [5.41, 5.74) is -0.523. The van der Waals surface area contributed by atoms with Crippen LogP contribution >= 0.6 is 0 Å².